The van der Waals surface area contributed by atoms with Crippen LogP contribution in [-0.4, -0.2) is 61.4 Å². The van der Waals surface area contributed by atoms with Gasteiger partial charge in [0.2, 0.25) is 15.9 Å². The molecule has 0 aromatic heterocycles. The summed E-state index contributed by atoms with van der Waals surface area (Å²) in [6.45, 7) is 10.3. The second-order valence-corrected chi connectivity index (χ2v) is 15.5. The van der Waals surface area contributed by atoms with E-state index in [1.165, 1.54) is 11.1 Å². The molecular weight excluding hydrogens is 653 g/mol. The van der Waals surface area contributed by atoms with E-state index in [0.717, 1.165) is 16.9 Å². The molecule has 4 aromatic carbocycles. The summed E-state index contributed by atoms with van der Waals surface area (Å²) >= 11 is 5.42. The zero-order valence-corrected chi connectivity index (χ0v) is 30.3. The van der Waals surface area contributed by atoms with Crippen LogP contribution in [0.25, 0.3) is 0 Å². The highest BCUT2D eigenvalue weighted by atomic mass is 32.2. The number of thiocarbonyl (C=S) groups is 1. The van der Waals surface area contributed by atoms with Gasteiger partial charge in [0.15, 0.2) is 5.11 Å². The number of piperazine rings is 1. The predicted molar refractivity (Wildman–Crippen MR) is 200 cm³/mol. The van der Waals surface area contributed by atoms with Crippen LogP contribution in [0, 0.1) is 19.3 Å². The number of anilines is 1. The van der Waals surface area contributed by atoms with Gasteiger partial charge < -0.3 is 15.4 Å². The Morgan fingerprint density at radius 1 is 0.857 bits per heavy atom. The van der Waals surface area contributed by atoms with Gasteiger partial charge in [-0.3, -0.25) is 9.69 Å². The fourth-order valence-corrected chi connectivity index (χ4v) is 7.69. The third-order valence-corrected chi connectivity index (χ3v) is 11.1. The Labute approximate surface area is 296 Å². The highest BCUT2D eigenvalue weighted by molar-refractivity contribution is 7.89. The van der Waals surface area contributed by atoms with Gasteiger partial charge in [-0.1, -0.05) is 86.6 Å². The summed E-state index contributed by atoms with van der Waals surface area (Å²) in [7, 11) is -3.69. The Kier molecular flexibility index (Phi) is 11.9. The van der Waals surface area contributed by atoms with E-state index in [2.05, 4.69) is 45.9 Å². The molecular formula is C39H46N4O4S2. The van der Waals surface area contributed by atoms with Crippen molar-refractivity contribution in [3.8, 4) is 5.75 Å². The number of hydrogen-bond donors (Lipinski definition) is 2. The molecule has 0 saturated carbocycles. The molecule has 10 heteroatoms. The van der Waals surface area contributed by atoms with E-state index in [0.29, 0.717) is 51.3 Å². The molecule has 1 aliphatic rings. The van der Waals surface area contributed by atoms with Gasteiger partial charge in [-0.25, -0.2) is 8.42 Å². The summed E-state index contributed by atoms with van der Waals surface area (Å²) in [4.78, 5) is 15.6. The van der Waals surface area contributed by atoms with E-state index >= 15 is 0 Å². The van der Waals surface area contributed by atoms with Crippen LogP contribution >= 0.6 is 12.2 Å². The van der Waals surface area contributed by atoms with Gasteiger partial charge in [0, 0.05) is 37.3 Å². The molecule has 0 spiro atoms. The van der Waals surface area contributed by atoms with Crippen molar-refractivity contribution in [3.05, 3.63) is 125 Å². The minimum absolute atomic E-state index is 0.0508. The minimum Gasteiger partial charge on any atom is -0.493 e. The number of carbonyl (C=O) groups is 1. The molecule has 1 aliphatic heterocycles. The summed E-state index contributed by atoms with van der Waals surface area (Å²) in [6.07, 6.45) is 1.33. The zero-order valence-electron chi connectivity index (χ0n) is 28.7. The average Bonchev–Trinajstić information content (AvgIpc) is 3.09. The molecule has 1 heterocycles. The normalized spacial score (nSPS) is 14.4. The Bertz CT molecular complexity index is 1780. The number of carbonyl (C=O) groups excluding carboxylic acids is 1. The smallest absolute Gasteiger partial charge is 0.243 e. The molecule has 1 saturated heterocycles. The standard InChI is InChI=1S/C39H46N4O4S2/c1-29-16-17-30(2)35(28-29)47-27-11-22-39(3,4)37(44)41-38(48)40-33-18-20-34(21-19-33)49(45,46)43-25-23-42(24-26-43)36(31-12-7-5-8-13-31)32-14-9-6-10-15-32/h5-10,12-21,28,36H,11,22-27H2,1-4H3,(H2,40,41,44,48). The molecule has 0 radical (unpaired) electrons. The van der Waals surface area contributed by atoms with Crippen LogP contribution in [0.5, 0.6) is 5.75 Å². The number of nitrogens with zero attached hydrogens (tertiary/aromatic N) is 2. The van der Waals surface area contributed by atoms with Crippen molar-refractivity contribution in [1.82, 2.24) is 14.5 Å². The van der Waals surface area contributed by atoms with E-state index in [4.69, 9.17) is 17.0 Å². The third-order valence-electron chi connectivity index (χ3n) is 9.01. The van der Waals surface area contributed by atoms with Crippen molar-refractivity contribution < 1.29 is 17.9 Å². The van der Waals surface area contributed by atoms with Gasteiger partial charge in [0.25, 0.3) is 0 Å². The molecule has 0 atom stereocenters. The van der Waals surface area contributed by atoms with Crippen molar-refractivity contribution in [2.45, 2.75) is 51.5 Å². The number of ether oxygens (including phenoxy) is 1. The van der Waals surface area contributed by atoms with Crippen molar-refractivity contribution >= 4 is 38.9 Å². The number of nitrogens with one attached hydrogen (secondary N) is 2. The molecule has 49 heavy (non-hydrogen) atoms. The van der Waals surface area contributed by atoms with Crippen LogP contribution in [0.2, 0.25) is 0 Å². The van der Waals surface area contributed by atoms with E-state index in [1.807, 2.05) is 76.2 Å². The van der Waals surface area contributed by atoms with Crippen molar-refractivity contribution in [2.75, 3.05) is 38.1 Å². The van der Waals surface area contributed by atoms with Crippen molar-refractivity contribution in [3.63, 3.8) is 0 Å². The molecule has 8 nitrogen and oxygen atoms in total. The lowest BCUT2D eigenvalue weighted by atomic mass is 9.87. The highest BCUT2D eigenvalue weighted by Crippen LogP contribution is 2.31. The lowest BCUT2D eigenvalue weighted by Gasteiger charge is -2.39. The van der Waals surface area contributed by atoms with Crippen LogP contribution in [0.15, 0.2) is 108 Å². The Balaban J connectivity index is 1.11. The van der Waals surface area contributed by atoms with Gasteiger partial charge >= 0.3 is 0 Å². The van der Waals surface area contributed by atoms with Gasteiger partial charge in [0.05, 0.1) is 17.5 Å². The van der Waals surface area contributed by atoms with E-state index in [1.54, 1.807) is 28.6 Å². The first-order chi connectivity index (χ1) is 23.4. The molecule has 0 unspecified atom stereocenters. The molecule has 4 aromatic rings. The Morgan fingerprint density at radius 3 is 2.04 bits per heavy atom. The van der Waals surface area contributed by atoms with Crippen LogP contribution in [0.1, 0.15) is 55.0 Å². The largest absolute Gasteiger partial charge is 0.493 e. The number of benzene rings is 4. The van der Waals surface area contributed by atoms with Crippen LogP contribution < -0.4 is 15.4 Å². The fourth-order valence-electron chi connectivity index (χ4n) is 6.05. The number of amides is 1. The molecule has 5 rings (SSSR count). The number of aryl methyl sites for hydroxylation is 2. The third kappa shape index (κ3) is 9.33. The summed E-state index contributed by atoms with van der Waals surface area (Å²) < 4.78 is 34.7. The maximum Gasteiger partial charge on any atom is 0.243 e. The van der Waals surface area contributed by atoms with Crippen molar-refractivity contribution in [1.29, 1.82) is 0 Å². The monoisotopic (exact) mass is 698 g/mol. The predicted octanol–water partition coefficient (Wildman–Crippen LogP) is 7.10. The molecule has 1 fully saturated rings. The van der Waals surface area contributed by atoms with Gasteiger partial charge in [0.1, 0.15) is 5.75 Å². The van der Waals surface area contributed by atoms with Crippen LogP contribution in [0.3, 0.4) is 0 Å². The molecule has 2 N–H and O–H groups in total. The first-order valence-corrected chi connectivity index (χ1v) is 18.6. The zero-order chi connectivity index (χ0) is 35.0. The second kappa shape index (κ2) is 16.1. The maximum absolute atomic E-state index is 13.6. The lowest BCUT2D eigenvalue weighted by Crippen LogP contribution is -2.49. The van der Waals surface area contributed by atoms with E-state index in [-0.39, 0.29) is 22.0 Å². The Morgan fingerprint density at radius 2 is 1.45 bits per heavy atom. The quantitative estimate of drug-likeness (QED) is 0.121. The topological polar surface area (TPSA) is 91.0 Å². The Hall–Kier alpha value is -4.09. The minimum atomic E-state index is -3.69. The van der Waals surface area contributed by atoms with Gasteiger partial charge in [-0.2, -0.15) is 4.31 Å². The summed E-state index contributed by atoms with van der Waals surface area (Å²) in [5, 5.41) is 5.95. The van der Waals surface area contributed by atoms with Gasteiger partial charge in [-0.15, -0.1) is 0 Å². The van der Waals surface area contributed by atoms with Gasteiger partial charge in [-0.05, 0) is 91.5 Å². The SMILES string of the molecule is Cc1ccc(C)c(OCCCC(C)(C)C(=O)NC(=S)Nc2ccc(S(=O)(=O)N3CCN(C(c4ccccc4)c4ccccc4)CC3)cc2)c1. The van der Waals surface area contributed by atoms with E-state index in [9.17, 15) is 13.2 Å². The van der Waals surface area contributed by atoms with Crippen LogP contribution in [-0.2, 0) is 14.8 Å². The highest BCUT2D eigenvalue weighted by Gasteiger charge is 2.32. The number of sulfonamides is 1. The first kappa shape index (κ1) is 36.2. The maximum atomic E-state index is 13.6. The molecule has 258 valence electrons. The number of hydrogen-bond acceptors (Lipinski definition) is 6. The van der Waals surface area contributed by atoms with Crippen LogP contribution in [0.4, 0.5) is 5.69 Å². The average molecular weight is 699 g/mol. The second-order valence-electron chi connectivity index (χ2n) is 13.2. The first-order valence-electron chi connectivity index (χ1n) is 16.7. The molecule has 0 bridgehead atoms. The molecule has 1 amide bonds. The summed E-state index contributed by atoms with van der Waals surface area (Å²) in [5.74, 6) is 0.668. The summed E-state index contributed by atoms with van der Waals surface area (Å²) in [6, 6.07) is 33.3. The van der Waals surface area contributed by atoms with Crippen molar-refractivity contribution in [2.24, 2.45) is 5.41 Å². The summed E-state index contributed by atoms with van der Waals surface area (Å²) in [5.41, 5.74) is 4.51. The number of rotatable bonds is 12. The molecule has 0 aliphatic carbocycles. The lowest BCUT2D eigenvalue weighted by molar-refractivity contribution is -0.128. The fraction of sp³-hybridized carbons (Fsp3) is 0.333. The van der Waals surface area contributed by atoms with E-state index < -0.39 is 15.4 Å².